The predicted octanol–water partition coefficient (Wildman–Crippen LogP) is 3.13. The Morgan fingerprint density at radius 3 is 2.80 bits per heavy atom. The second-order valence-corrected chi connectivity index (χ2v) is 3.58. The number of para-hydroxylation sites is 1. The number of terminal acetylenes is 1. The van der Waals surface area contributed by atoms with Crippen LogP contribution in [0.25, 0.3) is 17.0 Å². The van der Waals surface area contributed by atoms with E-state index < -0.39 is 0 Å². The number of aryl methyl sites for hydroxylation is 1. The summed E-state index contributed by atoms with van der Waals surface area (Å²) in [5.74, 6) is 2.53. The maximum absolute atomic E-state index is 5.23. The van der Waals surface area contributed by atoms with Crippen molar-refractivity contribution in [1.29, 1.82) is 0 Å². The smallest absolute Gasteiger partial charge is 0.0486 e. The molecule has 0 fully saturated rings. The Balaban J connectivity index is 2.79. The molecule has 0 radical (unpaired) electrons. The van der Waals surface area contributed by atoms with Crippen LogP contribution in [0.2, 0.25) is 0 Å². The molecule has 1 heteroatoms. The first kappa shape index (κ1) is 9.61. The SMILES string of the molecule is C#C/C=C\c1c(C)n(C)c2ccccc12. The van der Waals surface area contributed by atoms with Gasteiger partial charge in [-0.3, -0.25) is 0 Å². The van der Waals surface area contributed by atoms with Gasteiger partial charge in [-0.2, -0.15) is 0 Å². The van der Waals surface area contributed by atoms with Gasteiger partial charge in [0.2, 0.25) is 0 Å². The fraction of sp³-hybridized carbons (Fsp3) is 0.143. The Hall–Kier alpha value is -1.94. The van der Waals surface area contributed by atoms with E-state index in [1.807, 2.05) is 6.08 Å². The van der Waals surface area contributed by atoms with Crippen molar-refractivity contribution in [2.45, 2.75) is 6.92 Å². The van der Waals surface area contributed by atoms with Crippen LogP contribution in [0.4, 0.5) is 0 Å². The molecule has 0 aliphatic heterocycles. The van der Waals surface area contributed by atoms with Crippen LogP contribution in [-0.2, 0) is 7.05 Å². The second-order valence-electron chi connectivity index (χ2n) is 3.58. The summed E-state index contributed by atoms with van der Waals surface area (Å²) in [6.07, 6.45) is 8.98. The van der Waals surface area contributed by atoms with E-state index in [0.29, 0.717) is 0 Å². The Morgan fingerprint density at radius 2 is 2.07 bits per heavy atom. The van der Waals surface area contributed by atoms with E-state index in [2.05, 4.69) is 48.7 Å². The van der Waals surface area contributed by atoms with E-state index in [9.17, 15) is 0 Å². The van der Waals surface area contributed by atoms with Gasteiger partial charge >= 0.3 is 0 Å². The highest BCUT2D eigenvalue weighted by Crippen LogP contribution is 2.25. The van der Waals surface area contributed by atoms with E-state index in [1.165, 1.54) is 22.2 Å². The van der Waals surface area contributed by atoms with Gasteiger partial charge in [0.05, 0.1) is 0 Å². The third-order valence-electron chi connectivity index (χ3n) is 2.79. The zero-order chi connectivity index (χ0) is 10.8. The Kier molecular flexibility index (Phi) is 2.35. The highest BCUT2D eigenvalue weighted by atomic mass is 14.9. The van der Waals surface area contributed by atoms with Crippen molar-refractivity contribution in [3.8, 4) is 12.3 Å². The van der Waals surface area contributed by atoms with Gasteiger partial charge in [-0.05, 0) is 25.1 Å². The van der Waals surface area contributed by atoms with Crippen LogP contribution in [-0.4, -0.2) is 4.57 Å². The molecule has 0 aliphatic carbocycles. The van der Waals surface area contributed by atoms with Crippen LogP contribution in [0.15, 0.2) is 30.3 Å². The molecule has 2 rings (SSSR count). The van der Waals surface area contributed by atoms with Crippen molar-refractivity contribution in [3.05, 3.63) is 41.6 Å². The molecule has 1 nitrogen and oxygen atoms in total. The lowest BCUT2D eigenvalue weighted by molar-refractivity contribution is 0.916. The average molecular weight is 195 g/mol. The second kappa shape index (κ2) is 3.67. The van der Waals surface area contributed by atoms with Crippen molar-refractivity contribution in [2.24, 2.45) is 7.05 Å². The molecule has 15 heavy (non-hydrogen) atoms. The molecule has 2 aromatic rings. The van der Waals surface area contributed by atoms with Gasteiger partial charge in [0.25, 0.3) is 0 Å². The molecule has 0 spiro atoms. The van der Waals surface area contributed by atoms with Gasteiger partial charge in [-0.1, -0.05) is 24.1 Å². The van der Waals surface area contributed by atoms with Crippen LogP contribution in [0, 0.1) is 19.3 Å². The average Bonchev–Trinajstić information content (AvgIpc) is 2.51. The van der Waals surface area contributed by atoms with Crippen LogP contribution in [0.3, 0.4) is 0 Å². The number of rotatable bonds is 1. The van der Waals surface area contributed by atoms with Crippen molar-refractivity contribution in [2.75, 3.05) is 0 Å². The number of hydrogen-bond donors (Lipinski definition) is 0. The summed E-state index contributed by atoms with van der Waals surface area (Å²) in [5.41, 5.74) is 3.69. The van der Waals surface area contributed by atoms with Crippen molar-refractivity contribution < 1.29 is 0 Å². The van der Waals surface area contributed by atoms with E-state index in [0.717, 1.165) is 0 Å². The minimum atomic E-state index is 1.21. The van der Waals surface area contributed by atoms with Crippen LogP contribution >= 0.6 is 0 Å². The number of allylic oxidation sites excluding steroid dienone is 1. The van der Waals surface area contributed by atoms with Crippen LogP contribution < -0.4 is 0 Å². The molecule has 0 aliphatic rings. The van der Waals surface area contributed by atoms with Gasteiger partial charge < -0.3 is 4.57 Å². The molecule has 0 bridgehead atoms. The van der Waals surface area contributed by atoms with Gasteiger partial charge in [0, 0.05) is 29.2 Å². The summed E-state index contributed by atoms with van der Waals surface area (Å²) in [4.78, 5) is 0. The number of nitrogens with zero attached hydrogens (tertiary/aromatic N) is 1. The molecular weight excluding hydrogens is 182 g/mol. The van der Waals surface area contributed by atoms with Crippen LogP contribution in [0.5, 0.6) is 0 Å². The minimum absolute atomic E-state index is 1.21. The standard InChI is InChI=1S/C14H13N/c1-4-5-8-12-11(2)15(3)14-10-7-6-9-13(12)14/h1,5-10H,2-3H3/b8-5-. The van der Waals surface area contributed by atoms with Crippen molar-refractivity contribution in [3.63, 3.8) is 0 Å². The summed E-state index contributed by atoms with van der Waals surface area (Å²) in [6.45, 7) is 2.11. The normalized spacial score (nSPS) is 11.0. The molecule has 0 amide bonds. The maximum atomic E-state index is 5.23. The van der Waals surface area contributed by atoms with E-state index in [1.54, 1.807) is 6.08 Å². The highest BCUT2D eigenvalue weighted by molar-refractivity contribution is 5.91. The fourth-order valence-corrected chi connectivity index (χ4v) is 1.89. The largest absolute Gasteiger partial charge is 0.347 e. The number of hydrogen-bond acceptors (Lipinski definition) is 0. The molecule has 0 N–H and O–H groups in total. The molecule has 0 atom stereocenters. The third-order valence-corrected chi connectivity index (χ3v) is 2.79. The first-order valence-electron chi connectivity index (χ1n) is 4.92. The van der Waals surface area contributed by atoms with E-state index in [-0.39, 0.29) is 0 Å². The highest BCUT2D eigenvalue weighted by Gasteiger charge is 2.07. The Morgan fingerprint density at radius 1 is 1.33 bits per heavy atom. The maximum Gasteiger partial charge on any atom is 0.0486 e. The lowest BCUT2D eigenvalue weighted by atomic mass is 10.1. The fourth-order valence-electron chi connectivity index (χ4n) is 1.89. The van der Waals surface area contributed by atoms with Crippen molar-refractivity contribution >= 4 is 17.0 Å². The molecular formula is C14H13N. The Bertz CT molecular complexity index is 565. The minimum Gasteiger partial charge on any atom is -0.347 e. The van der Waals surface area contributed by atoms with Crippen molar-refractivity contribution in [1.82, 2.24) is 4.57 Å². The molecule has 1 aromatic heterocycles. The first-order valence-corrected chi connectivity index (χ1v) is 4.92. The molecule has 74 valence electrons. The Labute approximate surface area is 90.0 Å². The first-order chi connectivity index (χ1) is 7.25. The van der Waals surface area contributed by atoms with Gasteiger partial charge in [0.15, 0.2) is 0 Å². The molecule has 0 saturated carbocycles. The zero-order valence-corrected chi connectivity index (χ0v) is 8.99. The van der Waals surface area contributed by atoms with Gasteiger partial charge in [0.1, 0.15) is 0 Å². The summed E-state index contributed by atoms with van der Waals surface area (Å²) < 4.78 is 2.19. The monoisotopic (exact) mass is 195 g/mol. The predicted molar refractivity (Wildman–Crippen MR) is 65.5 cm³/mol. The van der Waals surface area contributed by atoms with E-state index in [4.69, 9.17) is 6.42 Å². The van der Waals surface area contributed by atoms with Gasteiger partial charge in [-0.15, -0.1) is 6.42 Å². The zero-order valence-electron chi connectivity index (χ0n) is 8.99. The topological polar surface area (TPSA) is 4.93 Å². The third kappa shape index (κ3) is 1.45. The molecule has 1 aromatic carbocycles. The molecule has 0 unspecified atom stereocenters. The summed E-state index contributed by atoms with van der Waals surface area (Å²) in [5, 5.41) is 1.25. The number of fused-ring (bicyclic) bond motifs is 1. The molecule has 1 heterocycles. The summed E-state index contributed by atoms with van der Waals surface area (Å²) >= 11 is 0. The number of aromatic nitrogens is 1. The van der Waals surface area contributed by atoms with Crippen LogP contribution in [0.1, 0.15) is 11.3 Å². The number of benzene rings is 1. The lowest BCUT2D eigenvalue weighted by Crippen LogP contribution is -1.89. The quantitative estimate of drug-likeness (QED) is 0.616. The summed E-state index contributed by atoms with van der Waals surface area (Å²) in [6, 6.07) is 8.35. The van der Waals surface area contributed by atoms with Gasteiger partial charge in [-0.25, -0.2) is 0 Å². The summed E-state index contributed by atoms with van der Waals surface area (Å²) in [7, 11) is 2.07. The van der Waals surface area contributed by atoms with E-state index >= 15 is 0 Å². The molecule has 0 saturated heterocycles. The lowest BCUT2D eigenvalue weighted by Gasteiger charge is -1.97.